The molecular weight excluding hydrogens is 244 g/mol. The molecule has 0 aliphatic carbocycles. The van der Waals surface area contributed by atoms with Gasteiger partial charge in [-0.1, -0.05) is 24.3 Å². The molecule has 4 heteroatoms. The van der Waals surface area contributed by atoms with Crippen LogP contribution in [0.1, 0.15) is 5.56 Å². The Morgan fingerprint density at radius 2 is 2.06 bits per heavy atom. The molecule has 1 aromatic carbocycles. The Kier molecular flexibility index (Phi) is 3.02. The van der Waals surface area contributed by atoms with E-state index in [-0.39, 0.29) is 11.2 Å². The summed E-state index contributed by atoms with van der Waals surface area (Å²) in [4.78, 5) is 17.4. The molecule has 90 valence electrons. The second kappa shape index (κ2) is 4.82. The predicted molar refractivity (Wildman–Crippen MR) is 72.7 cm³/mol. The van der Waals surface area contributed by atoms with Gasteiger partial charge < -0.3 is 5.32 Å². The number of aromatic nitrogens is 1. The molecule has 18 heavy (non-hydrogen) atoms. The third-order valence-corrected chi connectivity index (χ3v) is 4.17. The normalized spacial score (nSPS) is 17.2. The van der Waals surface area contributed by atoms with Crippen molar-refractivity contribution in [1.29, 1.82) is 0 Å². The zero-order valence-electron chi connectivity index (χ0n) is 9.67. The molecule has 0 unspecified atom stereocenters. The average Bonchev–Trinajstić information content (AvgIpc) is 2.84. The van der Waals surface area contributed by atoms with Crippen molar-refractivity contribution in [2.45, 2.75) is 16.6 Å². The number of hydrogen-bond acceptors (Lipinski definition) is 3. The minimum absolute atomic E-state index is 0.0231. The third kappa shape index (κ3) is 2.24. The van der Waals surface area contributed by atoms with Crippen molar-refractivity contribution in [3.8, 4) is 0 Å². The van der Waals surface area contributed by atoms with Crippen molar-refractivity contribution in [2.75, 3.05) is 5.32 Å². The number of benzene rings is 1. The summed E-state index contributed by atoms with van der Waals surface area (Å²) in [5.74, 6) is 0.633. The van der Waals surface area contributed by atoms with Crippen molar-refractivity contribution in [1.82, 2.24) is 4.98 Å². The van der Waals surface area contributed by atoms with Gasteiger partial charge in [-0.25, -0.2) is 4.98 Å². The minimum atomic E-state index is -0.0515. The van der Waals surface area contributed by atoms with Crippen molar-refractivity contribution in [2.24, 2.45) is 0 Å². The Labute approximate surface area is 110 Å². The van der Waals surface area contributed by atoms with E-state index >= 15 is 0 Å². The highest BCUT2D eigenvalue weighted by Gasteiger charge is 2.27. The number of nitrogens with zero attached hydrogens (tertiary/aromatic N) is 1. The smallest absolute Gasteiger partial charge is 0.239 e. The maximum atomic E-state index is 12.1. The molecule has 1 amide bonds. The van der Waals surface area contributed by atoms with Crippen LogP contribution in [0.25, 0.3) is 0 Å². The zero-order chi connectivity index (χ0) is 12.4. The second-order valence-corrected chi connectivity index (χ2v) is 5.37. The lowest BCUT2D eigenvalue weighted by Gasteiger charge is -2.08. The summed E-state index contributed by atoms with van der Waals surface area (Å²) in [6, 6.07) is 13.6. The number of nitrogens with one attached hydrogen (secondary N) is 1. The molecule has 0 saturated carbocycles. The molecular formula is C14H12N2OS. The van der Waals surface area contributed by atoms with E-state index in [1.807, 2.05) is 24.3 Å². The lowest BCUT2D eigenvalue weighted by Crippen LogP contribution is -2.25. The number of fused-ring (bicyclic) bond motifs is 1. The highest BCUT2D eigenvalue weighted by atomic mass is 32.2. The van der Waals surface area contributed by atoms with Crippen molar-refractivity contribution in [3.63, 3.8) is 0 Å². The van der Waals surface area contributed by atoms with E-state index in [1.165, 1.54) is 10.5 Å². The molecule has 0 saturated heterocycles. The van der Waals surface area contributed by atoms with Gasteiger partial charge in [-0.3, -0.25) is 4.79 Å². The van der Waals surface area contributed by atoms with Crippen molar-refractivity contribution in [3.05, 3.63) is 54.2 Å². The van der Waals surface area contributed by atoms with Crippen molar-refractivity contribution >= 4 is 23.5 Å². The first-order valence-electron chi connectivity index (χ1n) is 5.79. The Balaban J connectivity index is 1.70. The van der Waals surface area contributed by atoms with E-state index in [4.69, 9.17) is 0 Å². The molecule has 3 rings (SSSR count). The molecule has 1 aromatic heterocycles. The van der Waals surface area contributed by atoms with Gasteiger partial charge in [0.2, 0.25) is 5.91 Å². The van der Waals surface area contributed by atoms with Crippen LogP contribution in [0.2, 0.25) is 0 Å². The molecule has 1 atom stereocenters. The quantitative estimate of drug-likeness (QED) is 0.898. The molecule has 0 fully saturated rings. The minimum Gasteiger partial charge on any atom is -0.310 e. The van der Waals surface area contributed by atoms with Gasteiger partial charge in [0.05, 0.1) is 5.25 Å². The van der Waals surface area contributed by atoms with Crippen LogP contribution in [0.4, 0.5) is 5.82 Å². The fraction of sp³-hybridized carbons (Fsp3) is 0.143. The van der Waals surface area contributed by atoms with Crippen molar-refractivity contribution < 1.29 is 4.79 Å². The summed E-state index contributed by atoms with van der Waals surface area (Å²) in [6.45, 7) is 0. The molecule has 2 aromatic rings. The van der Waals surface area contributed by atoms with E-state index in [9.17, 15) is 4.79 Å². The number of pyridine rings is 1. The van der Waals surface area contributed by atoms with Crippen LogP contribution in [-0.4, -0.2) is 16.1 Å². The van der Waals surface area contributed by atoms with Gasteiger partial charge in [0.1, 0.15) is 5.82 Å². The summed E-state index contributed by atoms with van der Waals surface area (Å²) < 4.78 is 0. The Morgan fingerprint density at radius 3 is 2.83 bits per heavy atom. The highest BCUT2D eigenvalue weighted by molar-refractivity contribution is 8.01. The van der Waals surface area contributed by atoms with Crippen LogP contribution in [0.3, 0.4) is 0 Å². The largest absolute Gasteiger partial charge is 0.310 e. The van der Waals surface area contributed by atoms with Gasteiger partial charge in [-0.2, -0.15) is 0 Å². The summed E-state index contributed by atoms with van der Waals surface area (Å²) in [5, 5.41) is 2.80. The maximum Gasteiger partial charge on any atom is 0.239 e. The summed E-state index contributed by atoms with van der Waals surface area (Å²) in [5.41, 5.74) is 1.25. The molecule has 1 aliphatic rings. The van der Waals surface area contributed by atoms with Crippen LogP contribution in [0, 0.1) is 0 Å². The third-order valence-electron chi connectivity index (χ3n) is 2.86. The van der Waals surface area contributed by atoms with Gasteiger partial charge in [0, 0.05) is 11.1 Å². The van der Waals surface area contributed by atoms with Gasteiger partial charge >= 0.3 is 0 Å². The molecule has 0 radical (unpaired) electrons. The Hall–Kier alpha value is -1.81. The number of thioether (sulfide) groups is 1. The van der Waals surface area contributed by atoms with Gasteiger partial charge in [-0.05, 0) is 30.2 Å². The summed E-state index contributed by atoms with van der Waals surface area (Å²) in [7, 11) is 0. The fourth-order valence-corrected chi connectivity index (χ4v) is 3.17. The number of carbonyl (C=O) groups is 1. The summed E-state index contributed by atoms with van der Waals surface area (Å²) >= 11 is 1.62. The monoisotopic (exact) mass is 256 g/mol. The number of carbonyl (C=O) groups excluding carboxylic acids is 1. The van der Waals surface area contributed by atoms with E-state index < -0.39 is 0 Å². The van der Waals surface area contributed by atoms with E-state index in [0.717, 1.165) is 6.42 Å². The fourth-order valence-electron chi connectivity index (χ4n) is 1.97. The average molecular weight is 256 g/mol. The van der Waals surface area contributed by atoms with Gasteiger partial charge in [-0.15, -0.1) is 11.8 Å². The number of amides is 1. The number of anilines is 1. The SMILES string of the molecule is O=C(Nc1ccccn1)[C@@H]1Cc2ccccc2S1. The van der Waals surface area contributed by atoms with Crippen LogP contribution >= 0.6 is 11.8 Å². The molecule has 1 N–H and O–H groups in total. The maximum absolute atomic E-state index is 12.1. The standard InChI is InChI=1S/C14H12N2OS/c17-14(16-13-7-3-4-8-15-13)12-9-10-5-1-2-6-11(10)18-12/h1-8,12H,9H2,(H,15,16,17)/t12-/m0/s1. The summed E-state index contributed by atoms with van der Waals surface area (Å²) in [6.07, 6.45) is 2.46. The first-order chi connectivity index (χ1) is 8.83. The lowest BCUT2D eigenvalue weighted by molar-refractivity contribution is -0.115. The van der Waals surface area contributed by atoms with Crippen LogP contribution < -0.4 is 5.32 Å². The Morgan fingerprint density at radius 1 is 1.22 bits per heavy atom. The van der Waals surface area contributed by atoms with E-state index in [1.54, 1.807) is 24.0 Å². The first-order valence-corrected chi connectivity index (χ1v) is 6.67. The molecule has 3 nitrogen and oxygen atoms in total. The molecule has 2 heterocycles. The predicted octanol–water partition coefficient (Wildman–Crippen LogP) is 2.74. The molecule has 0 bridgehead atoms. The zero-order valence-corrected chi connectivity index (χ0v) is 10.5. The van der Waals surface area contributed by atoms with Crippen LogP contribution in [-0.2, 0) is 11.2 Å². The van der Waals surface area contributed by atoms with Gasteiger partial charge in [0.15, 0.2) is 0 Å². The number of hydrogen-bond donors (Lipinski definition) is 1. The molecule has 0 spiro atoms. The lowest BCUT2D eigenvalue weighted by atomic mass is 10.1. The number of rotatable bonds is 2. The topological polar surface area (TPSA) is 42.0 Å². The first kappa shape index (κ1) is 11.3. The van der Waals surface area contributed by atoms with Gasteiger partial charge in [0.25, 0.3) is 0 Å². The van der Waals surface area contributed by atoms with Crippen LogP contribution in [0.5, 0.6) is 0 Å². The van der Waals surface area contributed by atoms with E-state index in [2.05, 4.69) is 22.4 Å². The van der Waals surface area contributed by atoms with Crippen LogP contribution in [0.15, 0.2) is 53.6 Å². The van der Waals surface area contributed by atoms with E-state index in [0.29, 0.717) is 5.82 Å². The Bertz CT molecular complexity index is 546. The second-order valence-electron chi connectivity index (χ2n) is 4.12. The highest BCUT2D eigenvalue weighted by Crippen LogP contribution is 2.37. The molecule has 1 aliphatic heterocycles.